The Hall–Kier alpha value is -4.23. The van der Waals surface area contributed by atoms with Crippen molar-refractivity contribution in [2.75, 3.05) is 31.6 Å². The Labute approximate surface area is 279 Å². The van der Waals surface area contributed by atoms with Gasteiger partial charge in [0, 0.05) is 72.7 Å². The van der Waals surface area contributed by atoms with Crippen LogP contribution in [0.15, 0.2) is 96.8 Å². The monoisotopic (exact) mass is 640 g/mol. The second-order valence-electron chi connectivity index (χ2n) is 13.0. The lowest BCUT2D eigenvalue weighted by atomic mass is 9.81. The zero-order valence-electron chi connectivity index (χ0n) is 27.6. The number of imide groups is 1. The van der Waals surface area contributed by atoms with Gasteiger partial charge in [-0.15, -0.1) is 0 Å². The van der Waals surface area contributed by atoms with Gasteiger partial charge >= 0.3 is 0 Å². The first kappa shape index (κ1) is 34.6. The second kappa shape index (κ2) is 14.5. The molecule has 5 rings (SSSR count). The molecule has 0 atom stereocenters. The number of unbranched alkanes of at least 4 members (excludes halogenated alkanes) is 2. The topological polar surface area (TPSA) is 72.7 Å². The van der Waals surface area contributed by atoms with Gasteiger partial charge in [0.15, 0.2) is 5.71 Å². The molecule has 0 spiro atoms. The van der Waals surface area contributed by atoms with Crippen LogP contribution in [0.1, 0.15) is 64.5 Å². The van der Waals surface area contributed by atoms with E-state index < -0.39 is 0 Å². The van der Waals surface area contributed by atoms with E-state index in [9.17, 15) is 14.4 Å². The molecule has 7 nitrogen and oxygen atoms in total. The summed E-state index contributed by atoms with van der Waals surface area (Å²) in [5.41, 5.74) is 7.57. The highest BCUT2D eigenvalue weighted by Crippen LogP contribution is 2.47. The third-order valence-electron chi connectivity index (χ3n) is 9.31. The van der Waals surface area contributed by atoms with Crippen LogP contribution >= 0.6 is 0 Å². The zero-order chi connectivity index (χ0) is 32.2. The van der Waals surface area contributed by atoms with Gasteiger partial charge in [-0.3, -0.25) is 19.3 Å². The number of para-hydroxylation sites is 2. The van der Waals surface area contributed by atoms with Crippen LogP contribution < -0.4 is 22.6 Å². The molecule has 0 aliphatic carbocycles. The van der Waals surface area contributed by atoms with E-state index in [1.54, 1.807) is 0 Å². The van der Waals surface area contributed by atoms with Crippen LogP contribution in [0.3, 0.4) is 0 Å². The zero-order valence-corrected chi connectivity index (χ0v) is 28.3. The van der Waals surface area contributed by atoms with Gasteiger partial charge in [0.25, 0.3) is 11.8 Å². The van der Waals surface area contributed by atoms with Gasteiger partial charge in [-0.25, -0.2) is 0 Å². The molecular weight excluding hydrogens is 596 g/mol. The van der Waals surface area contributed by atoms with Crippen molar-refractivity contribution in [3.63, 3.8) is 0 Å². The maximum absolute atomic E-state index is 12.3. The van der Waals surface area contributed by atoms with Crippen molar-refractivity contribution in [1.82, 2.24) is 10.2 Å². The van der Waals surface area contributed by atoms with Gasteiger partial charge in [0.05, 0.1) is 5.41 Å². The number of hydrogen-bond acceptors (Lipinski definition) is 4. The van der Waals surface area contributed by atoms with Gasteiger partial charge in [-0.2, -0.15) is 4.58 Å². The van der Waals surface area contributed by atoms with E-state index >= 15 is 0 Å². The number of halogens is 1. The highest BCUT2D eigenvalue weighted by Gasteiger charge is 2.42. The van der Waals surface area contributed by atoms with Crippen molar-refractivity contribution in [2.45, 2.75) is 64.2 Å². The van der Waals surface area contributed by atoms with E-state index in [2.05, 4.69) is 128 Å². The van der Waals surface area contributed by atoms with E-state index in [-0.39, 0.29) is 54.0 Å². The minimum atomic E-state index is -0.326. The van der Waals surface area contributed by atoms with Crippen LogP contribution in [0.4, 0.5) is 11.4 Å². The van der Waals surface area contributed by atoms with Gasteiger partial charge in [-0.1, -0.05) is 74.9 Å². The molecule has 3 aliphatic heterocycles. The van der Waals surface area contributed by atoms with E-state index in [0.717, 1.165) is 30.7 Å². The lowest BCUT2D eigenvalue weighted by Crippen LogP contribution is -3.00. The third kappa shape index (κ3) is 6.95. The Morgan fingerprint density at radius 2 is 1.48 bits per heavy atom. The van der Waals surface area contributed by atoms with Crippen LogP contribution in [0.2, 0.25) is 0 Å². The van der Waals surface area contributed by atoms with Gasteiger partial charge in [0.1, 0.15) is 7.05 Å². The number of allylic oxidation sites excluding steroid dienone is 6. The summed E-state index contributed by atoms with van der Waals surface area (Å²) in [6.07, 6.45) is 16.5. The molecule has 8 heteroatoms. The summed E-state index contributed by atoms with van der Waals surface area (Å²) >= 11 is 0. The average molecular weight is 641 g/mol. The summed E-state index contributed by atoms with van der Waals surface area (Å²) in [5, 5.41) is 2.83. The van der Waals surface area contributed by atoms with Crippen LogP contribution in [0.25, 0.3) is 0 Å². The molecule has 2 aromatic rings. The second-order valence-corrected chi connectivity index (χ2v) is 13.0. The number of fused-ring (bicyclic) bond motifs is 2. The Kier molecular flexibility index (Phi) is 10.9. The largest absolute Gasteiger partial charge is 1.00 e. The van der Waals surface area contributed by atoms with E-state index in [1.807, 2.05) is 0 Å². The Balaban J connectivity index is 0.00000480. The molecular formula is C38H45ClN4O3. The third-order valence-corrected chi connectivity index (χ3v) is 9.31. The highest BCUT2D eigenvalue weighted by molar-refractivity contribution is 6.12. The molecule has 2 aromatic carbocycles. The fourth-order valence-corrected chi connectivity index (χ4v) is 6.82. The maximum atomic E-state index is 12.3. The van der Waals surface area contributed by atoms with E-state index in [4.69, 9.17) is 0 Å². The van der Waals surface area contributed by atoms with Crippen molar-refractivity contribution in [2.24, 2.45) is 0 Å². The molecule has 0 bridgehead atoms. The summed E-state index contributed by atoms with van der Waals surface area (Å²) in [6.45, 7) is 10.5. The predicted octanol–water partition coefficient (Wildman–Crippen LogP) is 3.09. The number of rotatable bonds is 12. The number of anilines is 1. The summed E-state index contributed by atoms with van der Waals surface area (Å²) in [7, 11) is 2.14. The molecule has 0 radical (unpaired) electrons. The molecule has 242 valence electrons. The Bertz CT molecular complexity index is 1630. The molecule has 1 N–H and O–H groups in total. The normalized spacial score (nSPS) is 18.7. The molecule has 0 aromatic heterocycles. The summed E-state index contributed by atoms with van der Waals surface area (Å²) in [4.78, 5) is 39.2. The standard InChI is InChI=1S/C38H44N4O3.ClH/c1-37(2)28-16-11-13-18-30(28)40(5)32(37)20-8-6-9-21-33-38(3,4)29-17-12-14-19-31(29)41(33)26-15-7-10-22-34(43)39-25-27-42-35(44)23-24-36(42)45;/h6,8-9,11-14,16-21,23-24H,7,10,15,22,25-27H2,1-5H3;1H. The van der Waals surface area contributed by atoms with Crippen molar-refractivity contribution in [1.29, 1.82) is 0 Å². The van der Waals surface area contributed by atoms with Crippen LogP contribution in [-0.4, -0.2) is 59.6 Å². The first-order valence-corrected chi connectivity index (χ1v) is 16.0. The van der Waals surface area contributed by atoms with Gasteiger partial charge < -0.3 is 22.6 Å². The molecule has 3 aliphatic rings. The number of nitrogens with zero attached hydrogens (tertiary/aromatic N) is 3. The van der Waals surface area contributed by atoms with Crippen LogP contribution in [0.5, 0.6) is 0 Å². The first-order valence-electron chi connectivity index (χ1n) is 16.0. The minimum absolute atomic E-state index is 0. The molecule has 3 amide bonds. The number of hydrogen-bond donors (Lipinski definition) is 1. The Morgan fingerprint density at radius 3 is 2.20 bits per heavy atom. The van der Waals surface area contributed by atoms with Crippen LogP contribution in [-0.2, 0) is 25.2 Å². The maximum Gasteiger partial charge on any atom is 0.253 e. The fourth-order valence-electron chi connectivity index (χ4n) is 6.82. The minimum Gasteiger partial charge on any atom is -1.00 e. The molecule has 0 unspecified atom stereocenters. The summed E-state index contributed by atoms with van der Waals surface area (Å²) in [5.74, 6) is -0.706. The highest BCUT2D eigenvalue weighted by atomic mass is 35.5. The van der Waals surface area contributed by atoms with Crippen molar-refractivity contribution in [3.05, 3.63) is 108 Å². The number of carbonyl (C=O) groups is 3. The quantitative estimate of drug-likeness (QED) is 0.168. The Morgan fingerprint density at radius 1 is 0.804 bits per heavy atom. The molecule has 0 saturated heterocycles. The van der Waals surface area contributed by atoms with E-state index in [1.165, 1.54) is 46.1 Å². The van der Waals surface area contributed by atoms with Crippen LogP contribution in [0, 0.1) is 0 Å². The van der Waals surface area contributed by atoms with Gasteiger partial charge in [-0.05, 0) is 44.4 Å². The number of benzene rings is 2. The summed E-state index contributed by atoms with van der Waals surface area (Å²) in [6, 6.07) is 17.3. The van der Waals surface area contributed by atoms with Crippen molar-refractivity contribution >= 4 is 34.8 Å². The molecule has 46 heavy (non-hydrogen) atoms. The fraction of sp³-hybridized carbons (Fsp3) is 0.368. The number of carbonyl (C=O) groups excluding carboxylic acids is 3. The van der Waals surface area contributed by atoms with E-state index in [0.29, 0.717) is 6.42 Å². The predicted molar refractivity (Wildman–Crippen MR) is 181 cm³/mol. The van der Waals surface area contributed by atoms with Crippen molar-refractivity contribution in [3.8, 4) is 0 Å². The lowest BCUT2D eigenvalue weighted by molar-refractivity contribution is -0.401. The summed E-state index contributed by atoms with van der Waals surface area (Å²) < 4.78 is 2.29. The lowest BCUT2D eigenvalue weighted by Gasteiger charge is -2.27. The molecule has 3 heterocycles. The van der Waals surface area contributed by atoms with Gasteiger partial charge in [0.2, 0.25) is 11.6 Å². The smallest absolute Gasteiger partial charge is 0.253 e. The first-order chi connectivity index (χ1) is 21.5. The number of nitrogens with one attached hydrogen (secondary N) is 1. The van der Waals surface area contributed by atoms with Crippen molar-refractivity contribution < 1.29 is 31.4 Å². The molecule has 0 saturated carbocycles. The molecule has 0 fully saturated rings. The average Bonchev–Trinajstić information content (AvgIpc) is 3.52. The number of amides is 3. The SMILES string of the molecule is C[N+]1=C(/C=C/C=C/C=C2/N(CCCCCC(=O)NCCN3C(=O)C=CC3=O)c3ccccc3C2(C)C)C(C)(C)c2ccccc21.[Cl-].